The maximum Gasteiger partial charge on any atom is 0.186 e. The summed E-state index contributed by atoms with van der Waals surface area (Å²) in [5.74, 6) is 1.56. The van der Waals surface area contributed by atoms with Gasteiger partial charge < -0.3 is 0 Å². The van der Waals surface area contributed by atoms with Gasteiger partial charge in [0.1, 0.15) is 5.84 Å². The average Bonchev–Trinajstić information content (AvgIpc) is 2.84. The molecule has 1 aliphatic carbocycles. The molecule has 0 bridgehead atoms. The number of hydrogen-bond donors (Lipinski definition) is 1. The Kier molecular flexibility index (Phi) is 1.95. The molecule has 1 N–H and O–H groups in total. The Morgan fingerprint density at radius 3 is 2.77 bits per heavy atom. The number of amidine groups is 1. The first kappa shape index (κ1) is 8.50. The van der Waals surface area contributed by atoms with Crippen LogP contribution in [0.15, 0.2) is 5.10 Å². The van der Waals surface area contributed by atoms with E-state index in [-0.39, 0.29) is 6.17 Å². The van der Waals surface area contributed by atoms with Gasteiger partial charge in [0, 0.05) is 20.0 Å². The van der Waals surface area contributed by atoms with Crippen LogP contribution >= 0.6 is 0 Å². The van der Waals surface area contributed by atoms with Crippen molar-refractivity contribution in [3.63, 3.8) is 0 Å². The molecule has 0 spiro atoms. The van der Waals surface area contributed by atoms with Gasteiger partial charge >= 0.3 is 0 Å². The molecule has 1 heterocycles. The van der Waals surface area contributed by atoms with Gasteiger partial charge in [-0.1, -0.05) is 0 Å². The third-order valence-electron chi connectivity index (χ3n) is 2.31. The van der Waals surface area contributed by atoms with Gasteiger partial charge in [-0.3, -0.25) is 15.2 Å². The Morgan fingerprint density at radius 1 is 1.62 bits per heavy atom. The number of hydrazone groups is 1. The summed E-state index contributed by atoms with van der Waals surface area (Å²) in [7, 11) is 3.84. The number of nitrogens with zero attached hydrogens (tertiary/aromatic N) is 3. The second kappa shape index (κ2) is 2.99. The molecule has 0 aromatic heterocycles. The van der Waals surface area contributed by atoms with E-state index < -0.39 is 0 Å². The molecule has 1 aliphatic heterocycles. The van der Waals surface area contributed by atoms with Gasteiger partial charge in [0.05, 0.1) is 0 Å². The second-order valence-corrected chi connectivity index (χ2v) is 3.65. The van der Waals surface area contributed by atoms with E-state index in [1.807, 2.05) is 24.1 Å². The Labute approximate surface area is 77.3 Å². The third kappa shape index (κ3) is 1.39. The quantitative estimate of drug-likeness (QED) is 0.604. The van der Waals surface area contributed by atoms with E-state index in [0.717, 1.165) is 12.1 Å². The molecule has 2 rings (SSSR count). The Morgan fingerprint density at radius 2 is 2.31 bits per heavy atom. The maximum absolute atomic E-state index is 10.7. The predicted molar refractivity (Wildman–Crippen MR) is 48.7 cm³/mol. The molecule has 1 saturated carbocycles. The molecule has 5 nitrogen and oxygen atoms in total. The van der Waals surface area contributed by atoms with Gasteiger partial charge in [0.2, 0.25) is 0 Å². The third-order valence-corrected chi connectivity index (χ3v) is 2.31. The lowest BCUT2D eigenvalue weighted by atomic mass is 10.3. The van der Waals surface area contributed by atoms with Gasteiger partial charge in [-0.2, -0.15) is 5.10 Å². The van der Waals surface area contributed by atoms with Crippen molar-refractivity contribution in [2.24, 2.45) is 11.0 Å². The standard InChI is InChI=1S/C8H14N4O/c1-11(2)12-7(5-13)9-10-8(12)6-3-4-6/h5-7,9H,3-4H2,1-2H3. The molecule has 0 aromatic carbocycles. The lowest BCUT2D eigenvalue weighted by Crippen LogP contribution is -2.49. The summed E-state index contributed by atoms with van der Waals surface area (Å²) in [4.78, 5) is 10.7. The van der Waals surface area contributed by atoms with E-state index in [0.29, 0.717) is 5.92 Å². The zero-order valence-corrected chi connectivity index (χ0v) is 7.90. The summed E-state index contributed by atoms with van der Waals surface area (Å²) in [6, 6.07) is 0. The topological polar surface area (TPSA) is 47.9 Å². The van der Waals surface area contributed by atoms with Crippen molar-refractivity contribution in [3.05, 3.63) is 0 Å². The van der Waals surface area contributed by atoms with Crippen molar-refractivity contribution >= 4 is 12.1 Å². The molecule has 1 fully saturated rings. The molecule has 1 unspecified atom stereocenters. The van der Waals surface area contributed by atoms with Crippen LogP contribution in [0.5, 0.6) is 0 Å². The fourth-order valence-corrected chi connectivity index (χ4v) is 1.54. The maximum atomic E-state index is 10.7. The largest absolute Gasteiger partial charge is 0.299 e. The van der Waals surface area contributed by atoms with Crippen LogP contribution in [0.3, 0.4) is 0 Å². The Balaban J connectivity index is 2.13. The van der Waals surface area contributed by atoms with Crippen LogP contribution in [0.25, 0.3) is 0 Å². The average molecular weight is 182 g/mol. The first-order valence-electron chi connectivity index (χ1n) is 4.49. The zero-order valence-electron chi connectivity index (χ0n) is 7.90. The summed E-state index contributed by atoms with van der Waals surface area (Å²) in [6.07, 6.45) is 2.94. The molecule has 2 aliphatic rings. The summed E-state index contributed by atoms with van der Waals surface area (Å²) in [5, 5.41) is 7.98. The van der Waals surface area contributed by atoms with Crippen molar-refractivity contribution in [2.75, 3.05) is 14.1 Å². The van der Waals surface area contributed by atoms with Gasteiger partial charge in [-0.15, -0.1) is 0 Å². The van der Waals surface area contributed by atoms with E-state index in [1.54, 1.807) is 0 Å². The number of carbonyl (C=O) groups excluding carboxylic acids is 1. The smallest absolute Gasteiger partial charge is 0.186 e. The number of carbonyl (C=O) groups is 1. The van der Waals surface area contributed by atoms with E-state index in [1.165, 1.54) is 12.8 Å². The fraction of sp³-hybridized carbons (Fsp3) is 0.750. The molecule has 1 atom stereocenters. The van der Waals surface area contributed by atoms with E-state index in [4.69, 9.17) is 0 Å². The Hall–Kier alpha value is -1.10. The lowest BCUT2D eigenvalue weighted by molar-refractivity contribution is -0.115. The van der Waals surface area contributed by atoms with Gasteiger partial charge in [-0.25, -0.2) is 5.01 Å². The minimum atomic E-state index is -0.314. The first-order valence-corrected chi connectivity index (χ1v) is 4.49. The van der Waals surface area contributed by atoms with Gasteiger partial charge in [0.25, 0.3) is 0 Å². The minimum Gasteiger partial charge on any atom is -0.299 e. The number of nitrogens with one attached hydrogen (secondary N) is 1. The number of rotatable bonds is 3. The number of hydrazine groups is 1. The Bertz CT molecular complexity index is 247. The van der Waals surface area contributed by atoms with E-state index >= 15 is 0 Å². The lowest BCUT2D eigenvalue weighted by Gasteiger charge is -2.29. The highest BCUT2D eigenvalue weighted by Crippen LogP contribution is 2.33. The summed E-state index contributed by atoms with van der Waals surface area (Å²) in [6.45, 7) is 0. The zero-order chi connectivity index (χ0) is 9.42. The van der Waals surface area contributed by atoms with Crippen LogP contribution in [-0.2, 0) is 4.79 Å². The van der Waals surface area contributed by atoms with Crippen molar-refractivity contribution in [2.45, 2.75) is 19.0 Å². The van der Waals surface area contributed by atoms with Crippen molar-refractivity contribution < 1.29 is 4.79 Å². The van der Waals surface area contributed by atoms with Crippen LogP contribution in [0.4, 0.5) is 0 Å². The molecule has 13 heavy (non-hydrogen) atoms. The predicted octanol–water partition coefficient (Wildman–Crippen LogP) is -0.383. The highest BCUT2D eigenvalue weighted by Gasteiger charge is 2.39. The van der Waals surface area contributed by atoms with E-state index in [9.17, 15) is 4.79 Å². The van der Waals surface area contributed by atoms with E-state index in [2.05, 4.69) is 10.5 Å². The molecular formula is C8H14N4O. The van der Waals surface area contributed by atoms with Crippen LogP contribution in [-0.4, -0.2) is 42.4 Å². The van der Waals surface area contributed by atoms with Crippen LogP contribution in [0, 0.1) is 5.92 Å². The van der Waals surface area contributed by atoms with Crippen molar-refractivity contribution in [1.29, 1.82) is 0 Å². The highest BCUT2D eigenvalue weighted by atomic mass is 16.1. The number of hydrogen-bond acceptors (Lipinski definition) is 5. The number of aldehydes is 1. The molecule has 72 valence electrons. The minimum absolute atomic E-state index is 0.314. The fourth-order valence-electron chi connectivity index (χ4n) is 1.54. The summed E-state index contributed by atoms with van der Waals surface area (Å²) < 4.78 is 0. The van der Waals surface area contributed by atoms with Gasteiger partial charge in [-0.05, 0) is 12.8 Å². The molecule has 0 saturated heterocycles. The highest BCUT2D eigenvalue weighted by molar-refractivity contribution is 5.89. The molecule has 0 radical (unpaired) electrons. The van der Waals surface area contributed by atoms with Crippen LogP contribution in [0.1, 0.15) is 12.8 Å². The monoisotopic (exact) mass is 182 g/mol. The van der Waals surface area contributed by atoms with Crippen molar-refractivity contribution in [3.8, 4) is 0 Å². The van der Waals surface area contributed by atoms with Crippen LogP contribution < -0.4 is 5.43 Å². The van der Waals surface area contributed by atoms with Gasteiger partial charge in [0.15, 0.2) is 12.5 Å². The van der Waals surface area contributed by atoms with Crippen LogP contribution in [0.2, 0.25) is 0 Å². The molecule has 0 aromatic rings. The normalized spacial score (nSPS) is 27.5. The molecular weight excluding hydrogens is 168 g/mol. The molecule has 0 amide bonds. The molecule has 5 heteroatoms. The summed E-state index contributed by atoms with van der Waals surface area (Å²) >= 11 is 0. The SMILES string of the molecule is CN(C)N1C(C2CC2)=NNC1C=O. The second-order valence-electron chi connectivity index (χ2n) is 3.65. The summed E-state index contributed by atoms with van der Waals surface area (Å²) in [5.41, 5.74) is 2.81. The van der Waals surface area contributed by atoms with Crippen molar-refractivity contribution in [1.82, 2.24) is 15.4 Å². The first-order chi connectivity index (χ1) is 6.24.